The van der Waals surface area contributed by atoms with E-state index in [1.54, 1.807) is 12.1 Å². The highest BCUT2D eigenvalue weighted by Crippen LogP contribution is 2.15. The van der Waals surface area contributed by atoms with Crippen molar-refractivity contribution in [2.45, 2.75) is 13.5 Å². The van der Waals surface area contributed by atoms with Gasteiger partial charge in [-0.3, -0.25) is 19.0 Å². The minimum atomic E-state index is -0.941. The fourth-order valence-corrected chi connectivity index (χ4v) is 2.60. The van der Waals surface area contributed by atoms with Crippen LogP contribution in [-0.4, -0.2) is 21.4 Å². The Kier molecular flexibility index (Phi) is 4.49. The zero-order valence-corrected chi connectivity index (χ0v) is 13.8. The van der Waals surface area contributed by atoms with E-state index in [9.17, 15) is 18.8 Å². The van der Waals surface area contributed by atoms with Gasteiger partial charge in [-0.2, -0.15) is 0 Å². The van der Waals surface area contributed by atoms with Crippen molar-refractivity contribution in [3.63, 3.8) is 0 Å². The Labute approximate surface area is 147 Å². The predicted molar refractivity (Wildman–Crippen MR) is 94.3 cm³/mol. The Bertz CT molecular complexity index is 1090. The van der Waals surface area contributed by atoms with E-state index in [-0.39, 0.29) is 23.4 Å². The summed E-state index contributed by atoms with van der Waals surface area (Å²) in [5.41, 5.74) is 6.05. The number of primary amides is 1. The van der Waals surface area contributed by atoms with Gasteiger partial charge in [0, 0.05) is 5.69 Å². The van der Waals surface area contributed by atoms with Gasteiger partial charge in [0.25, 0.3) is 11.5 Å². The number of nitrogens with one attached hydrogen (secondary N) is 1. The maximum atomic E-state index is 13.5. The number of hydrogen-bond donors (Lipinski definition) is 2. The molecule has 0 atom stereocenters. The number of benzene rings is 2. The third-order valence-electron chi connectivity index (χ3n) is 3.88. The van der Waals surface area contributed by atoms with Crippen molar-refractivity contribution in [2.24, 2.45) is 5.73 Å². The van der Waals surface area contributed by atoms with Crippen LogP contribution in [0, 0.1) is 12.7 Å². The molecule has 0 saturated heterocycles. The maximum Gasteiger partial charge on any atom is 0.261 e. The molecule has 7 nitrogen and oxygen atoms in total. The predicted octanol–water partition coefficient (Wildman–Crippen LogP) is 1.58. The lowest BCUT2D eigenvalue weighted by atomic mass is 10.1. The van der Waals surface area contributed by atoms with E-state index in [4.69, 9.17) is 5.73 Å². The summed E-state index contributed by atoms with van der Waals surface area (Å²) in [7, 11) is 0. The zero-order valence-electron chi connectivity index (χ0n) is 13.8. The molecule has 26 heavy (non-hydrogen) atoms. The Morgan fingerprint density at radius 1 is 1.27 bits per heavy atom. The third-order valence-corrected chi connectivity index (χ3v) is 3.88. The fourth-order valence-electron chi connectivity index (χ4n) is 2.60. The van der Waals surface area contributed by atoms with Crippen molar-refractivity contribution in [1.29, 1.82) is 0 Å². The molecule has 0 radical (unpaired) electrons. The molecule has 2 aromatic carbocycles. The van der Waals surface area contributed by atoms with Crippen LogP contribution in [-0.2, 0) is 11.3 Å². The van der Waals surface area contributed by atoms with E-state index in [1.165, 1.54) is 17.0 Å². The lowest BCUT2D eigenvalue weighted by molar-refractivity contribution is -0.116. The number of amides is 2. The lowest BCUT2D eigenvalue weighted by Crippen LogP contribution is -2.28. The monoisotopic (exact) mass is 354 g/mol. The Morgan fingerprint density at radius 2 is 2.04 bits per heavy atom. The lowest BCUT2D eigenvalue weighted by Gasteiger charge is -2.09. The second-order valence-corrected chi connectivity index (χ2v) is 5.76. The van der Waals surface area contributed by atoms with E-state index in [0.29, 0.717) is 10.9 Å². The van der Waals surface area contributed by atoms with Crippen LogP contribution in [0.15, 0.2) is 47.5 Å². The van der Waals surface area contributed by atoms with E-state index in [2.05, 4.69) is 10.3 Å². The normalized spacial score (nSPS) is 10.7. The molecule has 1 heterocycles. The summed E-state index contributed by atoms with van der Waals surface area (Å²) >= 11 is 0. The molecule has 132 valence electrons. The number of aryl methyl sites for hydroxylation is 1. The van der Waals surface area contributed by atoms with Crippen LogP contribution in [0.5, 0.6) is 0 Å². The number of nitrogens with two attached hydrogens (primary N) is 1. The summed E-state index contributed by atoms with van der Waals surface area (Å²) in [4.78, 5) is 40.1. The number of para-hydroxylation sites is 1. The first-order valence-corrected chi connectivity index (χ1v) is 7.71. The number of fused-ring (bicyclic) bond motifs is 1. The van der Waals surface area contributed by atoms with Gasteiger partial charge < -0.3 is 11.1 Å². The summed E-state index contributed by atoms with van der Waals surface area (Å²) in [6, 6.07) is 8.70. The highest BCUT2D eigenvalue weighted by Gasteiger charge is 2.12. The fraction of sp³-hybridized carbons (Fsp3) is 0.111. The van der Waals surface area contributed by atoms with E-state index in [1.807, 2.05) is 13.0 Å². The molecule has 0 spiro atoms. The molecular weight excluding hydrogens is 339 g/mol. The van der Waals surface area contributed by atoms with Gasteiger partial charge in [-0.25, -0.2) is 9.37 Å². The van der Waals surface area contributed by atoms with Crippen LogP contribution in [0.25, 0.3) is 10.9 Å². The third kappa shape index (κ3) is 3.30. The Hall–Kier alpha value is -3.55. The van der Waals surface area contributed by atoms with E-state index < -0.39 is 17.6 Å². The molecule has 3 aromatic rings. The van der Waals surface area contributed by atoms with Crippen LogP contribution in [0.2, 0.25) is 0 Å². The summed E-state index contributed by atoms with van der Waals surface area (Å²) in [6.45, 7) is 1.57. The number of nitrogens with zero attached hydrogens (tertiary/aromatic N) is 2. The molecule has 3 N–H and O–H groups in total. The smallest absolute Gasteiger partial charge is 0.261 e. The molecule has 0 saturated carbocycles. The number of carbonyl (C=O) groups is 2. The van der Waals surface area contributed by atoms with Gasteiger partial charge in [0.2, 0.25) is 5.91 Å². The Balaban J connectivity index is 1.84. The van der Waals surface area contributed by atoms with Gasteiger partial charge in [0.05, 0.1) is 22.8 Å². The highest BCUT2D eigenvalue weighted by molar-refractivity contribution is 5.96. The molecule has 0 aliphatic carbocycles. The van der Waals surface area contributed by atoms with Crippen LogP contribution < -0.4 is 16.6 Å². The largest absolute Gasteiger partial charge is 0.366 e. The average Bonchev–Trinajstić information content (AvgIpc) is 2.59. The minimum Gasteiger partial charge on any atom is -0.366 e. The number of aromatic nitrogens is 2. The summed E-state index contributed by atoms with van der Waals surface area (Å²) in [6.07, 6.45) is 1.30. The first-order chi connectivity index (χ1) is 12.4. The summed E-state index contributed by atoms with van der Waals surface area (Å²) in [5.74, 6) is -2.24. The molecule has 0 aliphatic rings. The summed E-state index contributed by atoms with van der Waals surface area (Å²) in [5, 5.41) is 2.91. The van der Waals surface area contributed by atoms with Crippen LogP contribution in [0.4, 0.5) is 10.1 Å². The topological polar surface area (TPSA) is 107 Å². The molecular formula is C18H15FN4O3. The highest BCUT2D eigenvalue weighted by atomic mass is 19.1. The van der Waals surface area contributed by atoms with Crippen molar-refractivity contribution >= 4 is 28.4 Å². The number of hydrogen-bond acceptors (Lipinski definition) is 4. The van der Waals surface area contributed by atoms with Gasteiger partial charge in [0.15, 0.2) is 0 Å². The molecule has 8 heteroatoms. The number of carbonyl (C=O) groups excluding carboxylic acids is 2. The molecule has 3 rings (SSSR count). The molecule has 0 unspecified atom stereocenters. The zero-order chi connectivity index (χ0) is 18.8. The number of halogens is 1. The van der Waals surface area contributed by atoms with Gasteiger partial charge in [0.1, 0.15) is 12.4 Å². The minimum absolute atomic E-state index is 0.197. The second kappa shape index (κ2) is 6.75. The van der Waals surface area contributed by atoms with Crippen LogP contribution >= 0.6 is 0 Å². The molecule has 2 amide bonds. The average molecular weight is 354 g/mol. The van der Waals surface area contributed by atoms with E-state index in [0.717, 1.165) is 17.7 Å². The maximum absolute atomic E-state index is 13.5. The van der Waals surface area contributed by atoms with Crippen molar-refractivity contribution in [1.82, 2.24) is 9.55 Å². The van der Waals surface area contributed by atoms with Gasteiger partial charge in [-0.1, -0.05) is 12.1 Å². The van der Waals surface area contributed by atoms with Gasteiger partial charge in [-0.05, 0) is 36.8 Å². The van der Waals surface area contributed by atoms with Crippen molar-refractivity contribution in [3.8, 4) is 0 Å². The van der Waals surface area contributed by atoms with Crippen molar-refractivity contribution in [3.05, 3.63) is 70.0 Å². The molecule has 1 aromatic heterocycles. The number of anilines is 1. The Morgan fingerprint density at radius 3 is 2.77 bits per heavy atom. The quantitative estimate of drug-likeness (QED) is 0.742. The first-order valence-electron chi connectivity index (χ1n) is 7.71. The number of rotatable bonds is 4. The van der Waals surface area contributed by atoms with E-state index >= 15 is 0 Å². The molecule has 0 aliphatic heterocycles. The standard InChI is InChI=1S/C18H15FN4O3/c1-10-3-2-4-12-16(10)21-9-23(18(12)26)8-15(24)22-11-5-6-14(19)13(7-11)17(20)25/h2-7,9H,8H2,1H3,(H2,20,25)(H,22,24). The van der Waals surface area contributed by atoms with Crippen molar-refractivity contribution in [2.75, 3.05) is 5.32 Å². The summed E-state index contributed by atoms with van der Waals surface area (Å²) < 4.78 is 14.6. The van der Waals surface area contributed by atoms with Crippen LogP contribution in [0.3, 0.4) is 0 Å². The SMILES string of the molecule is Cc1cccc2c(=O)n(CC(=O)Nc3ccc(F)c(C(N)=O)c3)cnc12. The van der Waals surface area contributed by atoms with Gasteiger partial charge >= 0.3 is 0 Å². The molecule has 0 bridgehead atoms. The van der Waals surface area contributed by atoms with Gasteiger partial charge in [-0.15, -0.1) is 0 Å². The second-order valence-electron chi connectivity index (χ2n) is 5.76. The molecule has 0 fully saturated rings. The van der Waals surface area contributed by atoms with Crippen molar-refractivity contribution < 1.29 is 14.0 Å². The first kappa shape index (κ1) is 17.3. The van der Waals surface area contributed by atoms with Crippen LogP contribution in [0.1, 0.15) is 15.9 Å².